The predicted octanol–water partition coefficient (Wildman–Crippen LogP) is 4.00. The third-order valence-corrected chi connectivity index (χ3v) is 7.45. The fourth-order valence-electron chi connectivity index (χ4n) is 3.54. The summed E-state index contributed by atoms with van der Waals surface area (Å²) in [5.41, 5.74) is 1.39. The topological polar surface area (TPSA) is 75.7 Å². The van der Waals surface area contributed by atoms with Gasteiger partial charge in [0.25, 0.3) is 5.91 Å². The molecule has 162 valence electrons. The van der Waals surface area contributed by atoms with Gasteiger partial charge in [0.05, 0.1) is 17.5 Å². The number of ether oxygens (including phenoxy) is 1. The van der Waals surface area contributed by atoms with Crippen molar-refractivity contribution in [1.29, 1.82) is 0 Å². The molecule has 1 aliphatic heterocycles. The first-order valence-corrected chi connectivity index (χ1v) is 11.9. The lowest BCUT2D eigenvalue weighted by atomic mass is 10.0. The molecule has 1 fully saturated rings. The number of hydrogen-bond donors (Lipinski definition) is 1. The van der Waals surface area contributed by atoms with Gasteiger partial charge in [-0.15, -0.1) is 0 Å². The average Bonchev–Trinajstić information content (AvgIpc) is 2.75. The average molecular weight is 431 g/mol. The fourth-order valence-corrected chi connectivity index (χ4v) is 5.01. The summed E-state index contributed by atoms with van der Waals surface area (Å²) in [4.78, 5) is 12.8. The number of carbonyl (C=O) groups excluding carboxylic acids is 1. The van der Waals surface area contributed by atoms with Crippen molar-refractivity contribution in [2.24, 2.45) is 5.92 Å². The van der Waals surface area contributed by atoms with Crippen LogP contribution >= 0.6 is 0 Å². The van der Waals surface area contributed by atoms with Crippen molar-refractivity contribution < 1.29 is 17.9 Å². The minimum absolute atomic E-state index is 0.188. The van der Waals surface area contributed by atoms with Crippen LogP contribution in [0.15, 0.2) is 53.4 Å². The van der Waals surface area contributed by atoms with Gasteiger partial charge in [0.15, 0.2) is 0 Å². The summed E-state index contributed by atoms with van der Waals surface area (Å²) in [5, 5.41) is 2.95. The summed E-state index contributed by atoms with van der Waals surface area (Å²) in [7, 11) is -3.51. The second-order valence-electron chi connectivity index (χ2n) is 7.81. The Balaban J connectivity index is 1.64. The summed E-state index contributed by atoms with van der Waals surface area (Å²) < 4.78 is 32.6. The van der Waals surface area contributed by atoms with Crippen LogP contribution in [0.25, 0.3) is 0 Å². The largest absolute Gasteiger partial charge is 0.494 e. The van der Waals surface area contributed by atoms with E-state index in [1.165, 1.54) is 16.4 Å². The molecule has 1 aliphatic rings. The highest BCUT2D eigenvalue weighted by molar-refractivity contribution is 7.89. The molecule has 0 saturated carbocycles. The molecule has 7 heteroatoms. The van der Waals surface area contributed by atoms with Crippen molar-refractivity contribution >= 4 is 15.9 Å². The normalized spacial score (nSPS) is 16.8. The van der Waals surface area contributed by atoms with E-state index in [0.29, 0.717) is 31.2 Å². The highest BCUT2D eigenvalue weighted by Crippen LogP contribution is 2.24. The molecule has 30 heavy (non-hydrogen) atoms. The number of carbonyl (C=O) groups is 1. The molecule has 1 amide bonds. The molecule has 2 aromatic rings. The van der Waals surface area contributed by atoms with Gasteiger partial charge in [0.2, 0.25) is 10.0 Å². The molecule has 1 heterocycles. The molecule has 3 rings (SSSR count). The lowest BCUT2D eigenvalue weighted by molar-refractivity contribution is 0.0939. The van der Waals surface area contributed by atoms with Crippen LogP contribution in [-0.4, -0.2) is 38.3 Å². The lowest BCUT2D eigenvalue weighted by Crippen LogP contribution is -2.37. The number of piperidine rings is 1. The van der Waals surface area contributed by atoms with Crippen LogP contribution in [0.2, 0.25) is 0 Å². The highest BCUT2D eigenvalue weighted by atomic mass is 32.2. The first kappa shape index (κ1) is 22.3. The quantitative estimate of drug-likeness (QED) is 0.720. The van der Waals surface area contributed by atoms with Gasteiger partial charge >= 0.3 is 0 Å². The Kier molecular flexibility index (Phi) is 7.15. The first-order chi connectivity index (χ1) is 14.3. The first-order valence-electron chi connectivity index (χ1n) is 10.4. The number of hydrogen-bond acceptors (Lipinski definition) is 4. The van der Waals surface area contributed by atoms with Gasteiger partial charge in [0.1, 0.15) is 5.75 Å². The molecule has 0 aromatic heterocycles. The standard InChI is InChI=1S/C23H30N2O4S/c1-4-29-21-9-5-19(6-10-21)18(3)24-23(26)20-7-11-22(12-8-20)30(27,28)25-15-13-17(2)14-16-25/h5-12,17-18H,4,13-16H2,1-3H3,(H,24,26). The van der Waals surface area contributed by atoms with E-state index in [0.717, 1.165) is 24.2 Å². The van der Waals surface area contributed by atoms with Crippen molar-refractivity contribution in [3.8, 4) is 5.75 Å². The van der Waals surface area contributed by atoms with Crippen molar-refractivity contribution in [3.05, 3.63) is 59.7 Å². The summed E-state index contributed by atoms with van der Waals surface area (Å²) in [6.45, 7) is 7.68. The Bertz CT molecular complexity index is 948. The molecule has 0 spiro atoms. The molecular formula is C23H30N2O4S. The summed E-state index contributed by atoms with van der Waals surface area (Å²) in [6, 6.07) is 13.6. The van der Waals surface area contributed by atoms with Gasteiger partial charge in [-0.05, 0) is 74.6 Å². The zero-order valence-corrected chi connectivity index (χ0v) is 18.6. The maximum atomic E-state index is 12.8. The van der Waals surface area contributed by atoms with Gasteiger partial charge < -0.3 is 10.1 Å². The number of rotatable bonds is 7. The van der Waals surface area contributed by atoms with E-state index in [1.807, 2.05) is 38.1 Å². The van der Waals surface area contributed by atoms with E-state index in [1.54, 1.807) is 12.1 Å². The Hall–Kier alpha value is -2.38. The minimum atomic E-state index is -3.51. The van der Waals surface area contributed by atoms with Crippen LogP contribution in [0, 0.1) is 5.92 Å². The highest BCUT2D eigenvalue weighted by Gasteiger charge is 2.28. The third-order valence-electron chi connectivity index (χ3n) is 5.54. The number of nitrogens with zero attached hydrogens (tertiary/aromatic N) is 1. The zero-order valence-electron chi connectivity index (χ0n) is 17.8. The summed E-state index contributed by atoms with van der Waals surface area (Å²) >= 11 is 0. The van der Waals surface area contributed by atoms with Crippen LogP contribution < -0.4 is 10.1 Å². The van der Waals surface area contributed by atoms with Crippen LogP contribution in [-0.2, 0) is 10.0 Å². The molecule has 2 aromatic carbocycles. The Morgan fingerprint density at radius 2 is 1.70 bits per heavy atom. The molecule has 0 radical (unpaired) electrons. The van der Waals surface area contributed by atoms with Crippen molar-refractivity contribution in [2.45, 2.75) is 44.6 Å². The summed E-state index contributed by atoms with van der Waals surface area (Å²) in [6.07, 6.45) is 1.76. The molecule has 0 bridgehead atoms. The van der Waals surface area contributed by atoms with Gasteiger partial charge in [-0.3, -0.25) is 4.79 Å². The maximum absolute atomic E-state index is 12.8. The smallest absolute Gasteiger partial charge is 0.251 e. The number of sulfonamides is 1. The zero-order chi connectivity index (χ0) is 21.7. The van der Waals surface area contributed by atoms with Gasteiger partial charge in [-0.2, -0.15) is 4.31 Å². The van der Waals surface area contributed by atoms with E-state index in [-0.39, 0.29) is 16.8 Å². The van der Waals surface area contributed by atoms with E-state index in [2.05, 4.69) is 12.2 Å². The van der Waals surface area contributed by atoms with Gasteiger partial charge in [-0.1, -0.05) is 19.1 Å². The fraction of sp³-hybridized carbons (Fsp3) is 0.435. The van der Waals surface area contributed by atoms with E-state index < -0.39 is 10.0 Å². The van der Waals surface area contributed by atoms with Crippen LogP contribution in [0.5, 0.6) is 5.75 Å². The van der Waals surface area contributed by atoms with Gasteiger partial charge in [0, 0.05) is 18.7 Å². The second kappa shape index (κ2) is 9.62. The van der Waals surface area contributed by atoms with E-state index in [4.69, 9.17) is 4.74 Å². The van der Waals surface area contributed by atoms with Crippen LogP contribution in [0.1, 0.15) is 55.6 Å². The Morgan fingerprint density at radius 3 is 2.27 bits per heavy atom. The molecule has 1 atom stereocenters. The Morgan fingerprint density at radius 1 is 1.10 bits per heavy atom. The minimum Gasteiger partial charge on any atom is -0.494 e. The van der Waals surface area contributed by atoms with Crippen molar-refractivity contribution in [3.63, 3.8) is 0 Å². The lowest BCUT2D eigenvalue weighted by Gasteiger charge is -2.29. The van der Waals surface area contributed by atoms with Crippen molar-refractivity contribution in [2.75, 3.05) is 19.7 Å². The predicted molar refractivity (Wildman–Crippen MR) is 117 cm³/mol. The molecule has 1 N–H and O–H groups in total. The SMILES string of the molecule is CCOc1ccc(C(C)NC(=O)c2ccc(S(=O)(=O)N3CCC(C)CC3)cc2)cc1. The number of benzene rings is 2. The van der Waals surface area contributed by atoms with Gasteiger partial charge in [-0.25, -0.2) is 8.42 Å². The van der Waals surface area contributed by atoms with Crippen molar-refractivity contribution in [1.82, 2.24) is 9.62 Å². The summed E-state index contributed by atoms with van der Waals surface area (Å²) in [5.74, 6) is 1.10. The van der Waals surface area contributed by atoms with Crippen LogP contribution in [0.4, 0.5) is 0 Å². The molecule has 1 saturated heterocycles. The Labute approximate surface area is 179 Å². The monoisotopic (exact) mass is 430 g/mol. The van der Waals surface area contributed by atoms with E-state index >= 15 is 0 Å². The van der Waals surface area contributed by atoms with E-state index in [9.17, 15) is 13.2 Å². The second-order valence-corrected chi connectivity index (χ2v) is 9.75. The maximum Gasteiger partial charge on any atom is 0.251 e. The molecule has 1 unspecified atom stereocenters. The van der Waals surface area contributed by atoms with Crippen LogP contribution in [0.3, 0.4) is 0 Å². The third kappa shape index (κ3) is 5.21. The molecule has 6 nitrogen and oxygen atoms in total. The molecule has 0 aliphatic carbocycles. The number of amides is 1. The number of nitrogens with one attached hydrogen (secondary N) is 1. The molecular weight excluding hydrogens is 400 g/mol.